The minimum atomic E-state index is -4.79. The molecule has 0 unspecified atom stereocenters. The molecule has 6 rings (SSSR count). The number of halogens is 3. The van der Waals surface area contributed by atoms with Crippen molar-refractivity contribution in [3.8, 4) is 17.3 Å². The molecule has 3 fully saturated rings. The molecule has 262 valence electrons. The lowest BCUT2D eigenvalue weighted by Crippen LogP contribution is -2.68. The third-order valence-corrected chi connectivity index (χ3v) is 9.26. The number of alkyl halides is 3. The van der Waals surface area contributed by atoms with E-state index in [0.717, 1.165) is 43.0 Å². The van der Waals surface area contributed by atoms with Gasteiger partial charge in [-0.1, -0.05) is 20.8 Å². The number of nitriles is 1. The highest BCUT2D eigenvalue weighted by atomic mass is 19.4. The van der Waals surface area contributed by atoms with Crippen LogP contribution in [-0.4, -0.2) is 97.2 Å². The number of nitrogens with zero attached hydrogens (tertiary/aromatic N) is 8. The SMILES string of the molecule is CC.CCc1cc(NC(=O)c2ncc(-c3cn(CC#N)nc3C(F)(F)F)n2C)ccc1C(=O)N1CCN(C(=O)N2CC3(CC(N)C3)C2)CC1. The largest absolute Gasteiger partial charge is 0.435 e. The van der Waals surface area contributed by atoms with E-state index >= 15 is 0 Å². The normalized spacial score (nSPS) is 17.1. The van der Waals surface area contributed by atoms with Crippen molar-refractivity contribution in [2.75, 3.05) is 44.6 Å². The zero-order valence-corrected chi connectivity index (χ0v) is 28.0. The molecule has 1 aromatic carbocycles. The Morgan fingerprint density at radius 2 is 1.73 bits per heavy atom. The lowest BCUT2D eigenvalue weighted by atomic mass is 9.61. The van der Waals surface area contributed by atoms with E-state index in [1.54, 1.807) is 34.1 Å². The maximum Gasteiger partial charge on any atom is 0.435 e. The number of rotatable bonds is 6. The molecule has 16 heteroatoms. The second kappa shape index (κ2) is 13.9. The molecule has 3 aliphatic rings. The summed E-state index contributed by atoms with van der Waals surface area (Å²) >= 11 is 0. The fourth-order valence-corrected chi connectivity index (χ4v) is 6.88. The zero-order valence-electron chi connectivity index (χ0n) is 28.0. The van der Waals surface area contributed by atoms with Crippen LogP contribution >= 0.6 is 0 Å². The van der Waals surface area contributed by atoms with Crippen LogP contribution < -0.4 is 11.1 Å². The standard InChI is InChI=1S/C31H35F3N10O3.C2H6/c1-3-19-12-21(38-27(45)26-37-15-24(40(26)2)23-16-44(7-6-35)39-25(23)31(32,33)34)4-5-22(19)28(46)41-8-10-42(11-9-41)29(47)43-17-30(18-43)13-20(36)14-30;1-2/h4-5,12,15-16,20H,3,7-11,13-14,17-18,36H2,1-2H3,(H,38,45);1-2H3. The number of piperazine rings is 1. The Bertz CT molecular complexity index is 1750. The van der Waals surface area contributed by atoms with Crippen LogP contribution in [0.2, 0.25) is 0 Å². The van der Waals surface area contributed by atoms with Crippen LogP contribution in [0.15, 0.2) is 30.6 Å². The number of anilines is 1. The van der Waals surface area contributed by atoms with Crippen LogP contribution in [0.3, 0.4) is 0 Å². The first-order valence-electron chi connectivity index (χ1n) is 16.4. The second-order valence-corrected chi connectivity index (χ2v) is 12.5. The van der Waals surface area contributed by atoms with E-state index in [1.807, 2.05) is 25.7 Å². The van der Waals surface area contributed by atoms with Gasteiger partial charge in [-0.05, 0) is 43.0 Å². The van der Waals surface area contributed by atoms with Crippen molar-refractivity contribution in [1.82, 2.24) is 34.0 Å². The van der Waals surface area contributed by atoms with Crippen molar-refractivity contribution < 1.29 is 27.6 Å². The Kier molecular flexibility index (Phi) is 10.0. The van der Waals surface area contributed by atoms with Crippen molar-refractivity contribution in [1.29, 1.82) is 5.26 Å². The average Bonchev–Trinajstić information content (AvgIpc) is 3.66. The molecular weight excluding hydrogens is 641 g/mol. The summed E-state index contributed by atoms with van der Waals surface area (Å²) < 4.78 is 43.1. The van der Waals surface area contributed by atoms with E-state index in [9.17, 15) is 27.6 Å². The molecular formula is C33H41F3N10O3. The van der Waals surface area contributed by atoms with Gasteiger partial charge in [-0.3, -0.25) is 14.3 Å². The molecule has 2 saturated heterocycles. The number of aryl methyl sites for hydroxylation is 1. The Morgan fingerprint density at radius 3 is 2.33 bits per heavy atom. The first kappa shape index (κ1) is 35.4. The fourth-order valence-electron chi connectivity index (χ4n) is 6.88. The minimum Gasteiger partial charge on any atom is -0.335 e. The molecule has 2 aliphatic heterocycles. The van der Waals surface area contributed by atoms with Crippen LogP contribution in [-0.2, 0) is 26.2 Å². The summed E-state index contributed by atoms with van der Waals surface area (Å²) in [6.45, 7) is 8.70. The molecule has 1 spiro atoms. The quantitative estimate of drug-likeness (QED) is 0.398. The molecule has 3 N–H and O–H groups in total. The van der Waals surface area contributed by atoms with Crippen molar-refractivity contribution in [2.24, 2.45) is 18.2 Å². The number of urea groups is 1. The van der Waals surface area contributed by atoms with E-state index < -0.39 is 17.8 Å². The van der Waals surface area contributed by atoms with Crippen LogP contribution in [0, 0.1) is 16.7 Å². The Morgan fingerprint density at radius 1 is 1.08 bits per heavy atom. The zero-order chi connectivity index (χ0) is 35.7. The first-order chi connectivity index (χ1) is 23.3. The maximum absolute atomic E-state index is 13.7. The van der Waals surface area contributed by atoms with Crippen molar-refractivity contribution in [2.45, 2.75) is 58.8 Å². The van der Waals surface area contributed by atoms with Crippen LogP contribution in [0.25, 0.3) is 11.3 Å². The molecule has 3 aromatic rings. The number of benzene rings is 1. The molecule has 0 radical (unpaired) electrons. The van der Waals surface area contributed by atoms with Gasteiger partial charge in [0, 0.05) is 75.2 Å². The van der Waals surface area contributed by atoms with E-state index in [0.29, 0.717) is 49.4 Å². The van der Waals surface area contributed by atoms with Gasteiger partial charge < -0.3 is 30.3 Å². The molecule has 4 heterocycles. The van der Waals surface area contributed by atoms with Gasteiger partial charge in [-0.25, -0.2) is 9.78 Å². The highest BCUT2D eigenvalue weighted by Gasteiger charge is 2.53. The summed E-state index contributed by atoms with van der Waals surface area (Å²) in [5.74, 6) is -0.965. The number of nitrogens with one attached hydrogen (secondary N) is 1. The number of imidazole rings is 1. The van der Waals surface area contributed by atoms with Crippen molar-refractivity contribution in [3.05, 3.63) is 53.2 Å². The van der Waals surface area contributed by atoms with Gasteiger partial charge in [0.15, 0.2) is 11.5 Å². The molecule has 2 aromatic heterocycles. The third-order valence-electron chi connectivity index (χ3n) is 9.26. The number of aromatic nitrogens is 4. The number of carbonyl (C=O) groups is 3. The van der Waals surface area contributed by atoms with Gasteiger partial charge in [-0.2, -0.15) is 23.5 Å². The number of likely N-dealkylation sites (tertiary alicyclic amines) is 1. The van der Waals surface area contributed by atoms with Crippen molar-refractivity contribution in [3.63, 3.8) is 0 Å². The van der Waals surface area contributed by atoms with Gasteiger partial charge in [0.25, 0.3) is 11.8 Å². The third kappa shape index (κ3) is 6.98. The number of hydrogen-bond donors (Lipinski definition) is 2. The molecule has 1 aliphatic carbocycles. The molecule has 0 atom stereocenters. The molecule has 13 nitrogen and oxygen atoms in total. The van der Waals surface area contributed by atoms with Gasteiger partial charge in [0.1, 0.15) is 6.54 Å². The Hall–Kier alpha value is -4.91. The molecule has 49 heavy (non-hydrogen) atoms. The molecule has 4 amide bonds. The number of nitrogens with two attached hydrogens (primary N) is 1. The summed E-state index contributed by atoms with van der Waals surface area (Å²) in [5, 5.41) is 15.1. The second-order valence-electron chi connectivity index (χ2n) is 12.5. The smallest absolute Gasteiger partial charge is 0.335 e. The average molecular weight is 683 g/mol. The monoisotopic (exact) mass is 682 g/mol. The summed E-state index contributed by atoms with van der Waals surface area (Å²) in [6, 6.07) is 6.92. The Labute approximate surface area is 282 Å². The van der Waals surface area contributed by atoms with Gasteiger partial charge in [-0.15, -0.1) is 0 Å². The topological polar surface area (TPSA) is 158 Å². The maximum atomic E-state index is 13.7. The van der Waals surface area contributed by atoms with E-state index in [4.69, 9.17) is 11.0 Å². The highest BCUT2D eigenvalue weighted by molar-refractivity contribution is 6.03. The summed E-state index contributed by atoms with van der Waals surface area (Å²) in [4.78, 5) is 49.1. The van der Waals surface area contributed by atoms with Gasteiger partial charge in [0.2, 0.25) is 0 Å². The van der Waals surface area contributed by atoms with Crippen molar-refractivity contribution >= 4 is 23.5 Å². The van der Waals surface area contributed by atoms with Crippen LogP contribution in [0.5, 0.6) is 0 Å². The van der Waals surface area contributed by atoms with Gasteiger partial charge in [0.05, 0.1) is 23.5 Å². The number of hydrogen-bond acceptors (Lipinski definition) is 7. The van der Waals surface area contributed by atoms with E-state index in [1.165, 1.54) is 11.6 Å². The summed E-state index contributed by atoms with van der Waals surface area (Å²) in [6.07, 6.45) is -0.104. The first-order valence-corrected chi connectivity index (χ1v) is 16.4. The van der Waals surface area contributed by atoms with E-state index in [2.05, 4.69) is 15.4 Å². The lowest BCUT2D eigenvalue weighted by Gasteiger charge is -2.59. The summed E-state index contributed by atoms with van der Waals surface area (Å²) in [5.41, 5.74) is 6.23. The highest BCUT2D eigenvalue weighted by Crippen LogP contribution is 2.47. The number of carbonyl (C=O) groups excluding carboxylic acids is 3. The fraction of sp³-hybridized carbons (Fsp3) is 0.515. The molecule has 1 saturated carbocycles. The van der Waals surface area contributed by atoms with E-state index in [-0.39, 0.29) is 47.0 Å². The Balaban J connectivity index is 0.00000230. The van der Waals surface area contributed by atoms with Crippen LogP contribution in [0.4, 0.5) is 23.7 Å². The predicted octanol–water partition coefficient (Wildman–Crippen LogP) is 3.97. The lowest BCUT2D eigenvalue weighted by molar-refractivity contribution is -0.141. The number of amides is 4. The summed E-state index contributed by atoms with van der Waals surface area (Å²) in [7, 11) is 1.41. The molecule has 0 bridgehead atoms. The van der Waals surface area contributed by atoms with Crippen LogP contribution in [0.1, 0.15) is 65.8 Å². The van der Waals surface area contributed by atoms with Gasteiger partial charge >= 0.3 is 12.2 Å². The minimum absolute atomic E-state index is 0.000504. The predicted molar refractivity (Wildman–Crippen MR) is 174 cm³/mol.